The zero-order chi connectivity index (χ0) is 23.9. The minimum Gasteiger partial charge on any atom is -0.496 e. The number of thioether (sulfide) groups is 1. The van der Waals surface area contributed by atoms with E-state index in [0.717, 1.165) is 40.4 Å². The first-order valence-corrected chi connectivity index (χ1v) is 12.1. The molecule has 4 rings (SSSR count). The van der Waals surface area contributed by atoms with Crippen LogP contribution in [0.2, 0.25) is 5.02 Å². The van der Waals surface area contributed by atoms with Gasteiger partial charge < -0.3 is 15.0 Å². The summed E-state index contributed by atoms with van der Waals surface area (Å²) in [6.07, 6.45) is 4.16. The summed E-state index contributed by atoms with van der Waals surface area (Å²) >= 11 is 7.42. The van der Waals surface area contributed by atoms with E-state index >= 15 is 0 Å². The number of carbonyl (C=O) groups is 1. The second-order valence-electron chi connectivity index (χ2n) is 8.75. The van der Waals surface area contributed by atoms with Crippen molar-refractivity contribution >= 4 is 57.5 Å². The summed E-state index contributed by atoms with van der Waals surface area (Å²) in [4.78, 5) is 20.2. The number of allylic oxidation sites excluding steroid dienone is 1. The number of likely N-dealkylation sites (N-methyl/N-ethyl adjacent to an activating group) is 1. The molecule has 0 aliphatic carbocycles. The third-order valence-corrected chi connectivity index (χ3v) is 7.12. The molecule has 0 bridgehead atoms. The molecule has 2 heterocycles. The third kappa shape index (κ3) is 4.55. The van der Waals surface area contributed by atoms with Gasteiger partial charge in [-0.2, -0.15) is 0 Å². The van der Waals surface area contributed by atoms with Crippen molar-refractivity contribution in [3.05, 3.63) is 63.0 Å². The lowest BCUT2D eigenvalue weighted by Crippen LogP contribution is -2.44. The zero-order valence-corrected chi connectivity index (χ0v) is 21.3. The van der Waals surface area contributed by atoms with Crippen LogP contribution in [0.5, 0.6) is 5.75 Å². The topological polar surface area (TPSA) is 53.9 Å². The van der Waals surface area contributed by atoms with Crippen LogP contribution in [0, 0.1) is 6.92 Å². The fourth-order valence-electron chi connectivity index (χ4n) is 4.42. The summed E-state index contributed by atoms with van der Waals surface area (Å²) in [6.45, 7) is 11.6. The predicted molar refractivity (Wildman–Crippen MR) is 141 cm³/mol. The molecule has 1 saturated heterocycles. The molecule has 172 valence electrons. The second-order valence-corrected chi connectivity index (χ2v) is 10.2. The van der Waals surface area contributed by atoms with E-state index in [-0.39, 0.29) is 11.4 Å². The number of ether oxygens (including phenoxy) is 1. The number of halogens is 1. The van der Waals surface area contributed by atoms with Gasteiger partial charge in [-0.25, -0.2) is 4.99 Å². The SMILES string of the molecule is CCN1c2cc(OC)c(/C=C3/SC(=Nc4cc(Cl)ccc4C)NC3=O)cc2C(C)=CC1(C)C. The quantitative estimate of drug-likeness (QED) is 0.502. The Morgan fingerprint density at radius 1 is 1.24 bits per heavy atom. The number of anilines is 1. The van der Waals surface area contributed by atoms with E-state index in [9.17, 15) is 4.79 Å². The number of amidine groups is 1. The van der Waals surface area contributed by atoms with Crippen molar-refractivity contribution in [2.75, 3.05) is 18.6 Å². The Morgan fingerprint density at radius 2 is 2.00 bits per heavy atom. The van der Waals surface area contributed by atoms with Crippen molar-refractivity contribution in [1.82, 2.24) is 5.32 Å². The van der Waals surface area contributed by atoms with Gasteiger partial charge in [-0.05, 0) is 81.8 Å². The molecule has 1 amide bonds. The summed E-state index contributed by atoms with van der Waals surface area (Å²) in [6, 6.07) is 9.71. The molecule has 0 spiro atoms. The molecular weight excluding hydrogens is 454 g/mol. The molecule has 0 unspecified atom stereocenters. The van der Waals surface area contributed by atoms with Crippen LogP contribution >= 0.6 is 23.4 Å². The number of aliphatic imine (C=N–C) groups is 1. The van der Waals surface area contributed by atoms with Gasteiger partial charge in [0.05, 0.1) is 23.2 Å². The smallest absolute Gasteiger partial charge is 0.264 e. The highest BCUT2D eigenvalue weighted by Crippen LogP contribution is 2.43. The Morgan fingerprint density at radius 3 is 2.70 bits per heavy atom. The zero-order valence-electron chi connectivity index (χ0n) is 19.7. The van der Waals surface area contributed by atoms with Crippen LogP contribution in [0.3, 0.4) is 0 Å². The van der Waals surface area contributed by atoms with E-state index in [1.54, 1.807) is 13.2 Å². The van der Waals surface area contributed by atoms with Gasteiger partial charge in [-0.1, -0.05) is 23.7 Å². The first-order chi connectivity index (χ1) is 15.6. The number of carbonyl (C=O) groups excluding carboxylic acids is 1. The van der Waals surface area contributed by atoms with Crippen LogP contribution in [0.4, 0.5) is 11.4 Å². The maximum Gasteiger partial charge on any atom is 0.264 e. The number of hydrogen-bond donors (Lipinski definition) is 1. The van der Waals surface area contributed by atoms with Crippen molar-refractivity contribution in [3.8, 4) is 5.75 Å². The fourth-order valence-corrected chi connectivity index (χ4v) is 5.41. The van der Waals surface area contributed by atoms with Crippen molar-refractivity contribution in [2.24, 2.45) is 4.99 Å². The van der Waals surface area contributed by atoms with Gasteiger partial charge in [0.1, 0.15) is 5.75 Å². The molecule has 1 N–H and O–H groups in total. The van der Waals surface area contributed by atoms with Gasteiger partial charge in [0.25, 0.3) is 5.91 Å². The number of benzene rings is 2. The lowest BCUT2D eigenvalue weighted by molar-refractivity contribution is -0.115. The largest absolute Gasteiger partial charge is 0.496 e. The number of aryl methyl sites for hydroxylation is 1. The molecule has 1 fully saturated rings. The van der Waals surface area contributed by atoms with Crippen LogP contribution in [-0.4, -0.2) is 30.3 Å². The van der Waals surface area contributed by atoms with Crippen molar-refractivity contribution in [2.45, 2.75) is 40.2 Å². The standard InChI is InChI=1S/C26H28ClN3O2S/c1-7-30-21-13-22(32-6)17(10-19(21)16(3)14-26(30,4)5)11-23-24(31)29-25(33-23)28-20-12-18(27)9-8-15(20)2/h8-14H,7H2,1-6H3,(H,28,29,31)/b23-11+. The molecule has 7 heteroatoms. The minimum atomic E-state index is -0.179. The fraction of sp³-hybridized carbons (Fsp3) is 0.308. The summed E-state index contributed by atoms with van der Waals surface area (Å²) in [7, 11) is 1.66. The minimum absolute atomic E-state index is 0.0815. The highest BCUT2D eigenvalue weighted by Gasteiger charge is 2.31. The van der Waals surface area contributed by atoms with E-state index in [1.807, 2.05) is 25.1 Å². The molecule has 0 aromatic heterocycles. The molecule has 5 nitrogen and oxygen atoms in total. The van der Waals surface area contributed by atoms with Crippen LogP contribution in [-0.2, 0) is 4.79 Å². The Bertz CT molecular complexity index is 1230. The number of rotatable bonds is 4. The summed E-state index contributed by atoms with van der Waals surface area (Å²) in [5.74, 6) is 0.552. The highest BCUT2D eigenvalue weighted by molar-refractivity contribution is 8.18. The van der Waals surface area contributed by atoms with Gasteiger partial charge in [-0.15, -0.1) is 0 Å². The summed E-state index contributed by atoms with van der Waals surface area (Å²) < 4.78 is 5.73. The number of nitrogens with zero attached hydrogens (tertiary/aromatic N) is 2. The molecule has 0 saturated carbocycles. The normalized spacial score (nSPS) is 19.5. The molecule has 2 aromatic carbocycles. The molecule has 0 atom stereocenters. The van der Waals surface area contributed by atoms with E-state index in [1.165, 1.54) is 17.3 Å². The number of fused-ring (bicyclic) bond motifs is 1. The van der Waals surface area contributed by atoms with Crippen LogP contribution < -0.4 is 15.0 Å². The molecule has 33 heavy (non-hydrogen) atoms. The van der Waals surface area contributed by atoms with E-state index in [2.05, 4.69) is 61.1 Å². The Balaban J connectivity index is 1.72. The van der Waals surface area contributed by atoms with Gasteiger partial charge in [0.2, 0.25) is 0 Å². The summed E-state index contributed by atoms with van der Waals surface area (Å²) in [5, 5.41) is 4.00. The van der Waals surface area contributed by atoms with Gasteiger partial charge >= 0.3 is 0 Å². The first kappa shape index (κ1) is 23.5. The molecule has 2 aromatic rings. The maximum atomic E-state index is 12.7. The predicted octanol–water partition coefficient (Wildman–Crippen LogP) is 6.57. The van der Waals surface area contributed by atoms with Crippen molar-refractivity contribution in [3.63, 3.8) is 0 Å². The highest BCUT2D eigenvalue weighted by atomic mass is 35.5. The first-order valence-electron chi connectivity index (χ1n) is 10.9. The number of hydrogen-bond acceptors (Lipinski definition) is 5. The Kier molecular flexibility index (Phi) is 6.34. The lowest BCUT2D eigenvalue weighted by Gasteiger charge is -2.43. The summed E-state index contributed by atoms with van der Waals surface area (Å²) in [5.41, 5.74) is 6.00. The van der Waals surface area contributed by atoms with Gasteiger partial charge in [0, 0.05) is 34.4 Å². The van der Waals surface area contributed by atoms with Gasteiger partial charge in [-0.3, -0.25) is 4.79 Å². The van der Waals surface area contributed by atoms with Gasteiger partial charge in [0.15, 0.2) is 5.17 Å². The molecule has 2 aliphatic rings. The third-order valence-electron chi connectivity index (χ3n) is 5.98. The van der Waals surface area contributed by atoms with Crippen molar-refractivity contribution < 1.29 is 9.53 Å². The lowest BCUT2D eigenvalue weighted by atomic mass is 9.87. The maximum absolute atomic E-state index is 12.7. The number of amides is 1. The van der Waals surface area contributed by atoms with Crippen LogP contribution in [0.15, 0.2) is 46.3 Å². The number of nitrogens with one attached hydrogen (secondary N) is 1. The second kappa shape index (κ2) is 8.92. The van der Waals surface area contributed by atoms with E-state index in [0.29, 0.717) is 15.1 Å². The number of methoxy groups -OCH3 is 1. The molecule has 2 aliphatic heterocycles. The van der Waals surface area contributed by atoms with Crippen LogP contribution in [0.25, 0.3) is 11.6 Å². The average Bonchev–Trinajstić information content (AvgIpc) is 3.09. The van der Waals surface area contributed by atoms with Crippen LogP contribution in [0.1, 0.15) is 44.4 Å². The van der Waals surface area contributed by atoms with Crippen molar-refractivity contribution in [1.29, 1.82) is 0 Å². The van der Waals surface area contributed by atoms with E-state index in [4.69, 9.17) is 16.3 Å². The Labute approximate surface area is 204 Å². The molecule has 0 radical (unpaired) electrons. The molecular formula is C26H28ClN3O2S. The monoisotopic (exact) mass is 481 g/mol. The van der Waals surface area contributed by atoms with E-state index < -0.39 is 0 Å². The Hall–Kier alpha value is -2.70. The average molecular weight is 482 g/mol.